The molecule has 186 valence electrons. The van der Waals surface area contributed by atoms with E-state index in [2.05, 4.69) is 51.6 Å². The Hall–Kier alpha value is -3.05. The lowest BCUT2D eigenvalue weighted by Crippen LogP contribution is -2.42. The standard InChI is InChI=1S/C27H24INO6S/c1-4-34-22-13-18(14-23-25(30)29(27(32)36-23)16(2)26(31)33-3)12-21(28)24(22)35-15-17-9-10-19-7-5-6-8-20(19)11-17/h5-14,16H,4,15H2,1-3H3/b23-14+/t16-/m0/s1. The van der Waals surface area contributed by atoms with Crippen molar-refractivity contribution < 1.29 is 28.6 Å². The van der Waals surface area contributed by atoms with Crippen molar-refractivity contribution in [1.82, 2.24) is 4.90 Å². The van der Waals surface area contributed by atoms with Crippen LogP contribution in [0.25, 0.3) is 16.8 Å². The predicted molar refractivity (Wildman–Crippen MR) is 148 cm³/mol. The lowest BCUT2D eigenvalue weighted by molar-refractivity contribution is -0.148. The summed E-state index contributed by atoms with van der Waals surface area (Å²) in [5, 5.41) is 1.80. The van der Waals surface area contributed by atoms with E-state index in [1.807, 2.05) is 31.2 Å². The molecule has 1 aliphatic rings. The Morgan fingerprint density at radius 2 is 1.83 bits per heavy atom. The van der Waals surface area contributed by atoms with Crippen LogP contribution in [-0.4, -0.2) is 41.8 Å². The molecule has 4 rings (SSSR count). The first kappa shape index (κ1) is 26.0. The highest BCUT2D eigenvalue weighted by Gasteiger charge is 2.41. The fraction of sp³-hybridized carbons (Fsp3) is 0.222. The van der Waals surface area contributed by atoms with Gasteiger partial charge in [0.1, 0.15) is 12.6 Å². The first-order valence-electron chi connectivity index (χ1n) is 11.2. The fourth-order valence-corrected chi connectivity index (χ4v) is 5.49. The minimum atomic E-state index is -1.00. The maximum Gasteiger partial charge on any atom is 0.328 e. The number of thioether (sulfide) groups is 1. The molecule has 1 aliphatic heterocycles. The third-order valence-electron chi connectivity index (χ3n) is 5.58. The zero-order valence-corrected chi connectivity index (χ0v) is 22.9. The number of carbonyl (C=O) groups is 3. The molecule has 1 atom stereocenters. The van der Waals surface area contributed by atoms with E-state index < -0.39 is 23.2 Å². The SMILES string of the molecule is CCOc1cc(/C=C2/SC(=O)N([C@@H](C)C(=O)OC)C2=O)cc(I)c1OCc1ccc2ccccc2c1. The number of esters is 1. The number of hydrogen-bond acceptors (Lipinski definition) is 7. The van der Waals surface area contributed by atoms with E-state index in [1.165, 1.54) is 19.4 Å². The summed E-state index contributed by atoms with van der Waals surface area (Å²) in [6.45, 7) is 4.14. The van der Waals surface area contributed by atoms with Crippen molar-refractivity contribution in [2.24, 2.45) is 0 Å². The summed E-state index contributed by atoms with van der Waals surface area (Å²) in [6, 6.07) is 17.0. The molecule has 0 aromatic heterocycles. The molecule has 0 saturated carbocycles. The third-order valence-corrected chi connectivity index (χ3v) is 7.26. The van der Waals surface area contributed by atoms with E-state index in [9.17, 15) is 14.4 Å². The summed E-state index contributed by atoms with van der Waals surface area (Å²) < 4.78 is 17.5. The topological polar surface area (TPSA) is 82.1 Å². The van der Waals surface area contributed by atoms with Crippen LogP contribution in [-0.2, 0) is 20.9 Å². The largest absolute Gasteiger partial charge is 0.490 e. The summed E-state index contributed by atoms with van der Waals surface area (Å²) in [5.74, 6) is -0.0408. The molecule has 0 aliphatic carbocycles. The monoisotopic (exact) mass is 617 g/mol. The van der Waals surface area contributed by atoms with E-state index in [-0.39, 0.29) is 4.91 Å². The van der Waals surface area contributed by atoms with Gasteiger partial charge in [0.25, 0.3) is 11.1 Å². The first-order valence-corrected chi connectivity index (χ1v) is 13.1. The zero-order chi connectivity index (χ0) is 25.8. The van der Waals surface area contributed by atoms with E-state index in [1.54, 1.807) is 12.1 Å². The Labute approximate surface area is 226 Å². The highest BCUT2D eigenvalue weighted by Crippen LogP contribution is 2.38. The highest BCUT2D eigenvalue weighted by atomic mass is 127. The lowest BCUT2D eigenvalue weighted by atomic mass is 10.1. The molecular weight excluding hydrogens is 593 g/mol. The summed E-state index contributed by atoms with van der Waals surface area (Å²) >= 11 is 2.95. The number of amides is 2. The minimum Gasteiger partial charge on any atom is -0.490 e. The Morgan fingerprint density at radius 1 is 1.08 bits per heavy atom. The molecule has 9 heteroatoms. The summed E-state index contributed by atoms with van der Waals surface area (Å²) in [5.41, 5.74) is 1.71. The van der Waals surface area contributed by atoms with Crippen molar-refractivity contribution in [1.29, 1.82) is 0 Å². The van der Waals surface area contributed by atoms with E-state index in [0.717, 1.165) is 31.2 Å². The predicted octanol–water partition coefficient (Wildman–Crippen LogP) is 6.02. The maximum absolute atomic E-state index is 12.8. The van der Waals surface area contributed by atoms with Crippen LogP contribution in [0.2, 0.25) is 0 Å². The van der Waals surface area contributed by atoms with Gasteiger partial charge in [-0.1, -0.05) is 36.4 Å². The number of rotatable bonds is 8. The van der Waals surface area contributed by atoms with E-state index >= 15 is 0 Å². The fourth-order valence-electron chi connectivity index (χ4n) is 3.80. The summed E-state index contributed by atoms with van der Waals surface area (Å²) in [4.78, 5) is 38.2. The minimum absolute atomic E-state index is 0.221. The van der Waals surface area contributed by atoms with Gasteiger partial charge in [-0.15, -0.1) is 0 Å². The van der Waals surface area contributed by atoms with Crippen molar-refractivity contribution in [3.63, 3.8) is 0 Å². The molecule has 3 aromatic rings. The second-order valence-corrected chi connectivity index (χ2v) is 10.1. The number of methoxy groups -OCH3 is 1. The molecule has 0 N–H and O–H groups in total. The number of ether oxygens (including phenoxy) is 3. The molecule has 0 bridgehead atoms. The second-order valence-electron chi connectivity index (χ2n) is 7.98. The smallest absolute Gasteiger partial charge is 0.328 e. The molecule has 0 radical (unpaired) electrons. The zero-order valence-electron chi connectivity index (χ0n) is 19.9. The van der Waals surface area contributed by atoms with Crippen LogP contribution in [0.4, 0.5) is 4.79 Å². The normalized spacial score (nSPS) is 15.4. The van der Waals surface area contributed by atoms with Crippen LogP contribution in [0.5, 0.6) is 11.5 Å². The van der Waals surface area contributed by atoms with E-state index in [0.29, 0.717) is 30.3 Å². The molecule has 2 amide bonds. The Kier molecular flexibility index (Phi) is 8.20. The van der Waals surface area contributed by atoms with Gasteiger partial charge in [-0.25, -0.2) is 4.79 Å². The van der Waals surface area contributed by atoms with Gasteiger partial charge < -0.3 is 14.2 Å². The number of hydrogen-bond donors (Lipinski definition) is 0. The number of fused-ring (bicyclic) bond motifs is 1. The average molecular weight is 617 g/mol. The molecule has 7 nitrogen and oxygen atoms in total. The van der Waals surface area contributed by atoms with Gasteiger partial charge in [-0.3, -0.25) is 14.5 Å². The lowest BCUT2D eigenvalue weighted by Gasteiger charge is -2.18. The average Bonchev–Trinajstić information content (AvgIpc) is 3.14. The van der Waals surface area contributed by atoms with Crippen molar-refractivity contribution >= 4 is 68.3 Å². The van der Waals surface area contributed by atoms with Crippen LogP contribution in [0.3, 0.4) is 0 Å². The molecule has 1 fully saturated rings. The van der Waals surface area contributed by atoms with Crippen LogP contribution in [0.15, 0.2) is 59.5 Å². The maximum atomic E-state index is 12.8. The number of halogens is 1. The van der Waals surface area contributed by atoms with Crippen molar-refractivity contribution in [3.8, 4) is 11.5 Å². The molecule has 1 heterocycles. The Morgan fingerprint density at radius 3 is 2.56 bits per heavy atom. The first-order chi connectivity index (χ1) is 17.3. The number of imide groups is 1. The quantitative estimate of drug-likeness (QED) is 0.174. The van der Waals surface area contributed by atoms with Gasteiger partial charge in [0.2, 0.25) is 0 Å². The number of carbonyl (C=O) groups excluding carboxylic acids is 3. The number of nitrogens with zero attached hydrogens (tertiary/aromatic N) is 1. The van der Waals surface area contributed by atoms with E-state index in [4.69, 9.17) is 9.47 Å². The van der Waals surface area contributed by atoms with Gasteiger partial charge in [-0.2, -0.15) is 0 Å². The summed E-state index contributed by atoms with van der Waals surface area (Å²) in [6.07, 6.45) is 1.62. The molecule has 0 unspecified atom stereocenters. The Bertz CT molecular complexity index is 1370. The van der Waals surface area contributed by atoms with Gasteiger partial charge in [0.15, 0.2) is 11.5 Å². The van der Waals surface area contributed by atoms with Crippen molar-refractivity contribution in [2.75, 3.05) is 13.7 Å². The summed E-state index contributed by atoms with van der Waals surface area (Å²) in [7, 11) is 1.22. The van der Waals surface area contributed by atoms with Gasteiger partial charge in [0, 0.05) is 0 Å². The highest BCUT2D eigenvalue weighted by molar-refractivity contribution is 14.1. The van der Waals surface area contributed by atoms with Crippen LogP contribution >= 0.6 is 34.4 Å². The van der Waals surface area contributed by atoms with Gasteiger partial charge in [0.05, 0.1) is 22.2 Å². The van der Waals surface area contributed by atoms with Gasteiger partial charge >= 0.3 is 5.97 Å². The molecular formula is C27H24INO6S. The van der Waals surface area contributed by atoms with Crippen molar-refractivity contribution in [2.45, 2.75) is 26.5 Å². The molecule has 0 spiro atoms. The molecule has 36 heavy (non-hydrogen) atoms. The number of benzene rings is 3. The van der Waals surface area contributed by atoms with Crippen LogP contribution in [0, 0.1) is 3.57 Å². The molecule has 3 aromatic carbocycles. The molecule has 1 saturated heterocycles. The van der Waals surface area contributed by atoms with Crippen LogP contribution < -0.4 is 9.47 Å². The van der Waals surface area contributed by atoms with Crippen molar-refractivity contribution in [3.05, 3.63) is 74.2 Å². The Balaban J connectivity index is 1.58. The van der Waals surface area contributed by atoms with Gasteiger partial charge in [-0.05, 0) is 94.4 Å². The second kappa shape index (κ2) is 11.3. The van der Waals surface area contributed by atoms with Crippen LogP contribution in [0.1, 0.15) is 25.0 Å². The third kappa shape index (κ3) is 5.52.